The average molecular weight is 305 g/mol. The number of nitrogens with one attached hydrogen (secondary N) is 1. The molecule has 7 nitrogen and oxygen atoms in total. The van der Waals surface area contributed by atoms with E-state index in [4.69, 9.17) is 10.5 Å². The van der Waals surface area contributed by atoms with E-state index in [2.05, 4.69) is 5.32 Å². The van der Waals surface area contributed by atoms with E-state index >= 15 is 0 Å². The van der Waals surface area contributed by atoms with Gasteiger partial charge in [0.1, 0.15) is 0 Å². The molecule has 3 N–H and O–H groups in total. The molecule has 2 fully saturated rings. The summed E-state index contributed by atoms with van der Waals surface area (Å²) in [5, 5.41) is 2.74. The van der Waals surface area contributed by atoms with E-state index in [1.807, 2.05) is 0 Å². The lowest BCUT2D eigenvalue weighted by molar-refractivity contribution is -0.118. The Labute approximate surface area is 119 Å². The van der Waals surface area contributed by atoms with Crippen LogP contribution in [0.15, 0.2) is 0 Å². The van der Waals surface area contributed by atoms with Gasteiger partial charge in [0.25, 0.3) is 0 Å². The van der Waals surface area contributed by atoms with E-state index in [0.29, 0.717) is 26.1 Å². The highest BCUT2D eigenvalue weighted by molar-refractivity contribution is 7.89. The van der Waals surface area contributed by atoms with E-state index in [1.54, 1.807) is 0 Å². The van der Waals surface area contributed by atoms with Crippen LogP contribution in [0, 0.1) is 0 Å². The van der Waals surface area contributed by atoms with E-state index in [-0.39, 0.29) is 12.6 Å². The Kier molecular flexibility index (Phi) is 5.36. The molecular weight excluding hydrogens is 282 g/mol. The maximum Gasteiger partial charge on any atom is 0.232 e. The smallest absolute Gasteiger partial charge is 0.232 e. The molecule has 0 spiro atoms. The van der Waals surface area contributed by atoms with Crippen LogP contribution in [-0.4, -0.2) is 62.8 Å². The second kappa shape index (κ2) is 6.84. The van der Waals surface area contributed by atoms with Gasteiger partial charge in [-0.2, -0.15) is 4.31 Å². The Morgan fingerprint density at radius 3 is 2.35 bits per heavy atom. The number of rotatable bonds is 5. The molecule has 0 aliphatic carbocycles. The summed E-state index contributed by atoms with van der Waals surface area (Å²) in [6, 6.07) is -0.128. The van der Waals surface area contributed by atoms with Gasteiger partial charge < -0.3 is 15.8 Å². The molecule has 0 radical (unpaired) electrons. The molecule has 0 aromatic rings. The number of hydrogen-bond donors (Lipinski definition) is 2. The van der Waals surface area contributed by atoms with Crippen LogP contribution in [-0.2, 0) is 19.6 Å². The fourth-order valence-corrected chi connectivity index (χ4v) is 4.95. The Morgan fingerprint density at radius 1 is 1.20 bits per heavy atom. The number of amides is 1. The van der Waals surface area contributed by atoms with Crippen molar-refractivity contribution in [3.63, 3.8) is 0 Å². The van der Waals surface area contributed by atoms with Crippen molar-refractivity contribution in [1.82, 2.24) is 9.62 Å². The molecule has 116 valence electrons. The maximum atomic E-state index is 12.8. The predicted molar refractivity (Wildman–Crippen MR) is 74.6 cm³/mol. The Bertz CT molecular complexity index is 428. The number of nitrogens with two attached hydrogens (primary N) is 1. The van der Waals surface area contributed by atoms with Crippen molar-refractivity contribution in [1.29, 1.82) is 0 Å². The number of hydrogen-bond acceptors (Lipinski definition) is 5. The molecule has 2 rings (SSSR count). The van der Waals surface area contributed by atoms with E-state index < -0.39 is 21.2 Å². The van der Waals surface area contributed by atoms with Crippen LogP contribution in [0.5, 0.6) is 0 Å². The molecule has 2 aliphatic heterocycles. The number of ether oxygens (including phenoxy) is 1. The summed E-state index contributed by atoms with van der Waals surface area (Å²) in [6.07, 6.45) is 2.41. The molecule has 1 amide bonds. The molecule has 0 bridgehead atoms. The molecule has 0 atom stereocenters. The van der Waals surface area contributed by atoms with Gasteiger partial charge in [-0.25, -0.2) is 8.42 Å². The first-order valence-electron chi connectivity index (χ1n) is 7.09. The zero-order valence-corrected chi connectivity index (χ0v) is 12.4. The van der Waals surface area contributed by atoms with Crippen molar-refractivity contribution in [3.8, 4) is 0 Å². The second-order valence-corrected chi connectivity index (χ2v) is 7.52. The molecule has 8 heteroatoms. The molecule has 20 heavy (non-hydrogen) atoms. The predicted octanol–water partition coefficient (Wildman–Crippen LogP) is -0.965. The molecule has 2 aliphatic rings. The largest absolute Gasteiger partial charge is 0.381 e. The molecule has 2 saturated heterocycles. The van der Waals surface area contributed by atoms with Gasteiger partial charge in [0.15, 0.2) is 0 Å². The molecule has 0 unspecified atom stereocenters. The summed E-state index contributed by atoms with van der Waals surface area (Å²) in [5.74, 6) is -0.598. The monoisotopic (exact) mass is 305 g/mol. The van der Waals surface area contributed by atoms with Gasteiger partial charge in [0.05, 0.1) is 11.8 Å². The lowest BCUT2D eigenvalue weighted by Gasteiger charge is -2.36. The number of carbonyl (C=O) groups excluding carboxylic acids is 1. The third-order valence-corrected chi connectivity index (χ3v) is 6.34. The van der Waals surface area contributed by atoms with Crippen molar-refractivity contribution in [2.24, 2.45) is 5.73 Å². The standard InChI is InChI=1S/C12H23N3O4S/c13-12(16)9-15(10-1-5-14-6-2-10)20(17,18)11-3-7-19-8-4-11/h10-11,14H,1-9H2,(H2,13,16). The Balaban J connectivity index is 2.16. The SMILES string of the molecule is NC(=O)CN(C1CCNCC1)S(=O)(=O)C1CCOCC1. The molecule has 0 aromatic heterocycles. The van der Waals surface area contributed by atoms with Gasteiger partial charge in [-0.3, -0.25) is 4.79 Å². The summed E-state index contributed by atoms with van der Waals surface area (Å²) in [4.78, 5) is 11.3. The fourth-order valence-electron chi connectivity index (χ4n) is 2.84. The molecular formula is C12H23N3O4S. The van der Waals surface area contributed by atoms with Gasteiger partial charge in [0.2, 0.25) is 15.9 Å². The van der Waals surface area contributed by atoms with Crippen LogP contribution < -0.4 is 11.1 Å². The number of primary amides is 1. The highest BCUT2D eigenvalue weighted by Gasteiger charge is 2.38. The van der Waals surface area contributed by atoms with E-state index in [9.17, 15) is 13.2 Å². The minimum absolute atomic E-state index is 0.128. The maximum absolute atomic E-state index is 12.8. The summed E-state index contributed by atoms with van der Waals surface area (Å²) < 4.78 is 32.1. The third-order valence-electron chi connectivity index (χ3n) is 3.94. The van der Waals surface area contributed by atoms with Gasteiger partial charge in [-0.05, 0) is 38.8 Å². The van der Waals surface area contributed by atoms with Gasteiger partial charge in [-0.1, -0.05) is 0 Å². The van der Waals surface area contributed by atoms with Gasteiger partial charge >= 0.3 is 0 Å². The normalized spacial score (nSPS) is 23.1. The third kappa shape index (κ3) is 3.69. The highest BCUT2D eigenvalue weighted by atomic mass is 32.2. The van der Waals surface area contributed by atoms with Crippen LogP contribution in [0.2, 0.25) is 0 Å². The number of nitrogens with zero attached hydrogens (tertiary/aromatic N) is 1. The van der Waals surface area contributed by atoms with E-state index in [1.165, 1.54) is 4.31 Å². The van der Waals surface area contributed by atoms with E-state index in [0.717, 1.165) is 25.9 Å². The van der Waals surface area contributed by atoms with Crippen LogP contribution in [0.3, 0.4) is 0 Å². The second-order valence-electron chi connectivity index (χ2n) is 5.35. The molecule has 0 aromatic carbocycles. The summed E-state index contributed by atoms with van der Waals surface area (Å²) in [6.45, 7) is 2.23. The lowest BCUT2D eigenvalue weighted by atomic mass is 10.1. The zero-order valence-electron chi connectivity index (χ0n) is 11.6. The van der Waals surface area contributed by atoms with Crippen molar-refractivity contribution >= 4 is 15.9 Å². The average Bonchev–Trinajstić information content (AvgIpc) is 2.46. The number of piperidine rings is 1. The topological polar surface area (TPSA) is 102 Å². The van der Waals surface area contributed by atoms with Crippen LogP contribution >= 0.6 is 0 Å². The van der Waals surface area contributed by atoms with Crippen LogP contribution in [0.25, 0.3) is 0 Å². The van der Waals surface area contributed by atoms with Crippen molar-refractivity contribution in [2.75, 3.05) is 32.8 Å². The first-order chi connectivity index (χ1) is 9.51. The fraction of sp³-hybridized carbons (Fsp3) is 0.917. The zero-order chi connectivity index (χ0) is 14.6. The lowest BCUT2D eigenvalue weighted by Crippen LogP contribution is -2.52. The molecule has 0 saturated carbocycles. The summed E-state index contributed by atoms with van der Waals surface area (Å²) >= 11 is 0. The number of carbonyl (C=O) groups is 1. The first-order valence-corrected chi connectivity index (χ1v) is 8.59. The van der Waals surface area contributed by atoms with Crippen LogP contribution in [0.4, 0.5) is 0 Å². The van der Waals surface area contributed by atoms with Crippen molar-refractivity contribution in [3.05, 3.63) is 0 Å². The quantitative estimate of drug-likeness (QED) is 0.681. The van der Waals surface area contributed by atoms with Crippen LogP contribution in [0.1, 0.15) is 25.7 Å². The molecule has 2 heterocycles. The summed E-state index contributed by atoms with van der Waals surface area (Å²) in [7, 11) is -3.49. The Morgan fingerprint density at radius 2 is 1.80 bits per heavy atom. The highest BCUT2D eigenvalue weighted by Crippen LogP contribution is 2.24. The van der Waals surface area contributed by atoms with Gasteiger partial charge in [-0.15, -0.1) is 0 Å². The minimum atomic E-state index is -3.49. The van der Waals surface area contributed by atoms with Crippen molar-refractivity contribution < 1.29 is 17.9 Å². The summed E-state index contributed by atoms with van der Waals surface area (Å²) in [5.41, 5.74) is 5.24. The Hall–Kier alpha value is -0.700. The first kappa shape index (κ1) is 15.7. The van der Waals surface area contributed by atoms with Gasteiger partial charge in [0, 0.05) is 19.3 Å². The number of sulfonamides is 1. The van der Waals surface area contributed by atoms with Crippen molar-refractivity contribution in [2.45, 2.75) is 37.0 Å². The minimum Gasteiger partial charge on any atom is -0.381 e.